The smallest absolute Gasteiger partial charge is 0.0490 e. The molecule has 0 amide bonds. The molecule has 0 aromatic heterocycles. The zero-order valence-corrected chi connectivity index (χ0v) is 30.0. The Hall–Kier alpha value is -5.34. The van der Waals surface area contributed by atoms with E-state index in [1.807, 2.05) is 0 Å². The lowest BCUT2D eigenvalue weighted by Crippen LogP contribution is -2.14. The van der Waals surface area contributed by atoms with Crippen molar-refractivity contribution >= 4 is 46.3 Å². The number of aryl methyl sites for hydroxylation is 1. The van der Waals surface area contributed by atoms with Crippen LogP contribution in [0, 0.1) is 6.92 Å². The van der Waals surface area contributed by atoms with Gasteiger partial charge >= 0.3 is 0 Å². The van der Waals surface area contributed by atoms with Gasteiger partial charge in [-0.05, 0) is 112 Å². The molecule has 0 saturated carbocycles. The highest BCUT2D eigenvalue weighted by molar-refractivity contribution is 5.81. The summed E-state index contributed by atoms with van der Waals surface area (Å²) >= 11 is 0. The third-order valence-electron chi connectivity index (χ3n) is 9.12. The second-order valence-corrected chi connectivity index (χ2v) is 14.9. The molecule has 0 aliphatic heterocycles. The zero-order chi connectivity index (χ0) is 34.6. The van der Waals surface area contributed by atoms with Gasteiger partial charge < -0.3 is 9.80 Å². The first-order valence-corrected chi connectivity index (χ1v) is 17.3. The fourth-order valence-corrected chi connectivity index (χ4v) is 6.15. The maximum absolute atomic E-state index is 2.35. The zero-order valence-electron chi connectivity index (χ0n) is 30.0. The van der Waals surface area contributed by atoms with Crippen molar-refractivity contribution in [3.63, 3.8) is 0 Å². The van der Waals surface area contributed by atoms with Gasteiger partial charge in [0.25, 0.3) is 0 Å². The predicted octanol–water partition coefficient (Wildman–Crippen LogP) is 13.7. The summed E-state index contributed by atoms with van der Waals surface area (Å²) in [5.41, 5.74) is 13.3. The van der Waals surface area contributed by atoms with Crippen LogP contribution in [0.25, 0.3) is 12.2 Å². The minimum atomic E-state index is 0.105. The first kappa shape index (κ1) is 33.6. The van der Waals surface area contributed by atoms with Gasteiger partial charge in [0.05, 0.1) is 0 Å². The molecule has 6 aromatic carbocycles. The first-order valence-electron chi connectivity index (χ1n) is 17.3. The molecular weight excluding hydrogens is 593 g/mol. The van der Waals surface area contributed by atoms with Crippen LogP contribution in [0.1, 0.15) is 69.4 Å². The molecule has 0 bridgehead atoms. The topological polar surface area (TPSA) is 6.48 Å². The summed E-state index contributed by atoms with van der Waals surface area (Å²) in [5, 5.41) is 0. The van der Waals surface area contributed by atoms with Crippen molar-refractivity contribution < 1.29 is 0 Å². The van der Waals surface area contributed by atoms with E-state index in [4.69, 9.17) is 0 Å². The van der Waals surface area contributed by atoms with Gasteiger partial charge in [0.2, 0.25) is 0 Å². The molecule has 2 nitrogen and oxygen atoms in total. The molecule has 0 heterocycles. The first-order chi connectivity index (χ1) is 23.5. The Balaban J connectivity index is 1.25. The van der Waals surface area contributed by atoms with E-state index in [9.17, 15) is 0 Å². The molecular formula is C47H48N2. The average molecular weight is 641 g/mol. The number of nitrogens with zero attached hydrogens (tertiary/aromatic N) is 2. The van der Waals surface area contributed by atoms with Crippen LogP contribution >= 0.6 is 0 Å². The molecule has 0 N–H and O–H groups in total. The molecule has 0 unspecified atom stereocenters. The molecule has 0 atom stereocenters. The molecule has 6 rings (SSSR count). The Kier molecular flexibility index (Phi) is 9.60. The summed E-state index contributed by atoms with van der Waals surface area (Å²) in [6.07, 6.45) is 4.38. The maximum Gasteiger partial charge on any atom is 0.0490 e. The Labute approximate surface area is 294 Å². The molecule has 6 aromatic rings. The molecule has 0 radical (unpaired) electrons. The number of para-hydroxylation sites is 2. The summed E-state index contributed by atoms with van der Waals surface area (Å²) < 4.78 is 0. The van der Waals surface area contributed by atoms with Crippen LogP contribution in [0.2, 0.25) is 0 Å². The van der Waals surface area contributed by atoms with Crippen LogP contribution in [-0.2, 0) is 10.8 Å². The standard InChI is InChI=1S/C47H48N2/c1-35-13-11-12-16-45(35)49(40-14-9-8-10-15-40)44-29-21-37(22-30-44)18-17-36-19-27-41(28-20-36)48(42-31-23-38(24-32-42)46(2,3)4)43-33-25-39(26-34-43)47(5,6)7/h8-34H,1-7H3/b18-17+. The van der Waals surface area contributed by atoms with Gasteiger partial charge in [-0.1, -0.05) is 139 Å². The van der Waals surface area contributed by atoms with Crippen molar-refractivity contribution in [1.29, 1.82) is 0 Å². The van der Waals surface area contributed by atoms with Crippen molar-refractivity contribution in [2.75, 3.05) is 9.80 Å². The van der Waals surface area contributed by atoms with Crippen LogP contribution < -0.4 is 9.80 Å². The fourth-order valence-electron chi connectivity index (χ4n) is 6.15. The van der Waals surface area contributed by atoms with Gasteiger partial charge in [0, 0.05) is 34.1 Å². The Morgan fingerprint density at radius 2 is 0.714 bits per heavy atom. The van der Waals surface area contributed by atoms with E-state index in [0.717, 1.165) is 39.6 Å². The van der Waals surface area contributed by atoms with E-state index in [1.54, 1.807) is 0 Å². The number of benzene rings is 6. The molecule has 0 aliphatic rings. The highest BCUT2D eigenvalue weighted by atomic mass is 15.1. The van der Waals surface area contributed by atoms with E-state index < -0.39 is 0 Å². The second kappa shape index (κ2) is 14.0. The van der Waals surface area contributed by atoms with Crippen LogP contribution in [-0.4, -0.2) is 0 Å². The Bertz CT molecular complexity index is 1930. The minimum absolute atomic E-state index is 0.105. The summed E-state index contributed by atoms with van der Waals surface area (Å²) in [5.74, 6) is 0. The van der Waals surface area contributed by atoms with E-state index in [0.29, 0.717) is 0 Å². The van der Waals surface area contributed by atoms with Crippen molar-refractivity contribution in [3.8, 4) is 0 Å². The van der Waals surface area contributed by atoms with Gasteiger partial charge in [0.15, 0.2) is 0 Å². The quantitative estimate of drug-likeness (QED) is 0.153. The summed E-state index contributed by atoms with van der Waals surface area (Å²) in [6.45, 7) is 15.7. The van der Waals surface area contributed by atoms with Crippen LogP contribution in [0.3, 0.4) is 0 Å². The lowest BCUT2D eigenvalue weighted by molar-refractivity contribution is 0.590. The fraction of sp³-hybridized carbons (Fsp3) is 0.191. The maximum atomic E-state index is 2.35. The largest absolute Gasteiger partial charge is 0.311 e. The van der Waals surface area contributed by atoms with E-state index in [1.165, 1.54) is 22.4 Å². The summed E-state index contributed by atoms with van der Waals surface area (Å²) in [4.78, 5) is 4.67. The normalized spacial score (nSPS) is 11.9. The molecule has 0 aliphatic carbocycles. The van der Waals surface area contributed by atoms with Gasteiger partial charge in [-0.15, -0.1) is 0 Å². The van der Waals surface area contributed by atoms with E-state index >= 15 is 0 Å². The van der Waals surface area contributed by atoms with Gasteiger partial charge in [-0.25, -0.2) is 0 Å². The lowest BCUT2D eigenvalue weighted by atomic mass is 9.86. The van der Waals surface area contributed by atoms with Crippen molar-refractivity contribution in [2.45, 2.75) is 59.3 Å². The van der Waals surface area contributed by atoms with Crippen molar-refractivity contribution in [2.24, 2.45) is 0 Å². The van der Waals surface area contributed by atoms with Crippen LogP contribution in [0.5, 0.6) is 0 Å². The van der Waals surface area contributed by atoms with Crippen LogP contribution in [0.4, 0.5) is 34.1 Å². The molecule has 246 valence electrons. The molecule has 49 heavy (non-hydrogen) atoms. The summed E-state index contributed by atoms with van der Waals surface area (Å²) in [7, 11) is 0. The highest BCUT2D eigenvalue weighted by Gasteiger charge is 2.19. The van der Waals surface area contributed by atoms with E-state index in [2.05, 4.69) is 222 Å². The predicted molar refractivity (Wildman–Crippen MR) is 213 cm³/mol. The Morgan fingerprint density at radius 3 is 1.12 bits per heavy atom. The number of anilines is 6. The van der Waals surface area contributed by atoms with E-state index in [-0.39, 0.29) is 10.8 Å². The molecule has 2 heteroatoms. The minimum Gasteiger partial charge on any atom is -0.311 e. The summed E-state index contributed by atoms with van der Waals surface area (Å²) in [6, 6.07) is 54.8. The number of hydrogen-bond donors (Lipinski definition) is 0. The third-order valence-corrected chi connectivity index (χ3v) is 9.12. The van der Waals surface area contributed by atoms with Gasteiger partial charge in [0.1, 0.15) is 0 Å². The third kappa shape index (κ3) is 7.87. The average Bonchev–Trinajstić information content (AvgIpc) is 3.10. The van der Waals surface area contributed by atoms with Crippen molar-refractivity contribution in [1.82, 2.24) is 0 Å². The number of hydrogen-bond acceptors (Lipinski definition) is 2. The highest BCUT2D eigenvalue weighted by Crippen LogP contribution is 2.38. The van der Waals surface area contributed by atoms with Crippen LogP contribution in [0.15, 0.2) is 152 Å². The SMILES string of the molecule is Cc1ccccc1N(c1ccccc1)c1ccc(/C=C/c2ccc(N(c3ccc(C(C)(C)C)cc3)c3ccc(C(C)(C)C)cc3)cc2)cc1. The van der Waals surface area contributed by atoms with Gasteiger partial charge in [-0.2, -0.15) is 0 Å². The monoisotopic (exact) mass is 640 g/mol. The molecule has 0 spiro atoms. The molecule has 0 fully saturated rings. The van der Waals surface area contributed by atoms with Crippen molar-refractivity contribution in [3.05, 3.63) is 179 Å². The van der Waals surface area contributed by atoms with Gasteiger partial charge in [-0.3, -0.25) is 0 Å². The Morgan fingerprint density at radius 1 is 0.367 bits per heavy atom. The number of rotatable bonds is 8. The lowest BCUT2D eigenvalue weighted by Gasteiger charge is -2.28. The second-order valence-electron chi connectivity index (χ2n) is 14.9. The molecule has 0 saturated heterocycles.